The van der Waals surface area contributed by atoms with Gasteiger partial charge in [-0.05, 0) is 49.1 Å². The highest BCUT2D eigenvalue weighted by Crippen LogP contribution is 2.39. The molecular weight excluding hydrogens is 364 g/mol. The summed E-state index contributed by atoms with van der Waals surface area (Å²) in [5.41, 5.74) is 2.66. The molecule has 0 radical (unpaired) electrons. The summed E-state index contributed by atoms with van der Waals surface area (Å²) in [4.78, 5) is 34.4. The van der Waals surface area contributed by atoms with Crippen molar-refractivity contribution in [3.05, 3.63) is 46.6 Å². The predicted molar refractivity (Wildman–Crippen MR) is 104 cm³/mol. The van der Waals surface area contributed by atoms with E-state index >= 15 is 0 Å². The zero-order chi connectivity index (χ0) is 18.8. The molecule has 2 heterocycles. The Hall–Kier alpha value is -3.00. The monoisotopic (exact) mass is 382 g/mol. The van der Waals surface area contributed by atoms with Crippen molar-refractivity contribution in [2.24, 2.45) is 0 Å². The van der Waals surface area contributed by atoms with E-state index in [0.29, 0.717) is 5.56 Å². The fourth-order valence-electron chi connectivity index (χ4n) is 3.19. The van der Waals surface area contributed by atoms with E-state index in [4.69, 9.17) is 0 Å². The van der Waals surface area contributed by atoms with Crippen molar-refractivity contribution in [1.29, 1.82) is 0 Å². The van der Waals surface area contributed by atoms with Gasteiger partial charge in [0.15, 0.2) is 0 Å². The highest BCUT2D eigenvalue weighted by atomic mass is 32.1. The second-order valence-corrected chi connectivity index (χ2v) is 7.30. The van der Waals surface area contributed by atoms with Crippen molar-refractivity contribution in [3.8, 4) is 0 Å². The first-order chi connectivity index (χ1) is 13.2. The molecule has 1 aliphatic carbocycles. The van der Waals surface area contributed by atoms with E-state index < -0.39 is 5.97 Å². The lowest BCUT2D eigenvalue weighted by atomic mass is 10.1. The highest BCUT2D eigenvalue weighted by molar-refractivity contribution is 7.19. The third-order valence-corrected chi connectivity index (χ3v) is 5.73. The number of nitrogens with zero attached hydrogens (tertiary/aromatic N) is 2. The number of anilines is 2. The van der Waals surface area contributed by atoms with Crippen LogP contribution in [0.5, 0.6) is 0 Å². The minimum atomic E-state index is -0.488. The summed E-state index contributed by atoms with van der Waals surface area (Å²) in [6.07, 6.45) is 4.94. The van der Waals surface area contributed by atoms with Crippen LogP contribution in [-0.2, 0) is 22.4 Å². The third-order valence-electron chi connectivity index (χ3n) is 4.53. The Morgan fingerprint density at radius 3 is 2.78 bits per heavy atom. The van der Waals surface area contributed by atoms with E-state index in [1.165, 1.54) is 24.0 Å². The van der Waals surface area contributed by atoms with Crippen LogP contribution in [0.4, 0.5) is 11.5 Å². The molecule has 0 saturated heterocycles. The Labute approximate surface area is 159 Å². The van der Waals surface area contributed by atoms with E-state index in [-0.39, 0.29) is 12.5 Å². The number of aromatic nitrogens is 2. The van der Waals surface area contributed by atoms with Gasteiger partial charge in [0.05, 0.1) is 12.5 Å². The number of carbonyl (C=O) groups is 2. The highest BCUT2D eigenvalue weighted by Gasteiger charge is 2.21. The first kappa shape index (κ1) is 17.4. The van der Waals surface area contributed by atoms with Gasteiger partial charge >= 0.3 is 5.97 Å². The molecule has 0 saturated carbocycles. The number of thiophene rings is 1. The largest absolute Gasteiger partial charge is 0.468 e. The second-order valence-electron chi connectivity index (χ2n) is 6.22. The second kappa shape index (κ2) is 7.32. The molecule has 0 unspecified atom stereocenters. The van der Waals surface area contributed by atoms with E-state index in [1.807, 2.05) is 12.1 Å². The molecule has 3 aromatic rings. The van der Waals surface area contributed by atoms with E-state index in [9.17, 15) is 9.59 Å². The summed E-state index contributed by atoms with van der Waals surface area (Å²) in [7, 11) is 1.28. The summed E-state index contributed by atoms with van der Waals surface area (Å²) in [6, 6.07) is 7.03. The molecule has 1 aliphatic rings. The van der Waals surface area contributed by atoms with Crippen molar-refractivity contribution in [2.45, 2.75) is 19.3 Å². The van der Waals surface area contributed by atoms with Crippen LogP contribution in [0, 0.1) is 0 Å². The van der Waals surface area contributed by atoms with Gasteiger partial charge in [0.2, 0.25) is 0 Å². The summed E-state index contributed by atoms with van der Waals surface area (Å²) in [5.74, 6) is -0.0213. The molecule has 8 heteroatoms. The minimum absolute atomic E-state index is 0.155. The first-order valence-corrected chi connectivity index (χ1v) is 9.44. The van der Waals surface area contributed by atoms with Crippen LogP contribution in [0.25, 0.3) is 10.2 Å². The number of carbonyl (C=O) groups excluding carboxylic acids is 2. The van der Waals surface area contributed by atoms with Gasteiger partial charge in [0, 0.05) is 16.1 Å². The maximum atomic E-state index is 12.0. The number of benzene rings is 1. The van der Waals surface area contributed by atoms with Gasteiger partial charge in [-0.15, -0.1) is 11.3 Å². The number of fused-ring (bicyclic) bond motifs is 3. The van der Waals surface area contributed by atoms with Crippen molar-refractivity contribution in [2.75, 3.05) is 19.0 Å². The number of methoxy groups -OCH3 is 1. The average molecular weight is 382 g/mol. The summed E-state index contributed by atoms with van der Waals surface area (Å²) in [6.45, 7) is -0.155. The van der Waals surface area contributed by atoms with Crippen LogP contribution in [-0.4, -0.2) is 35.5 Å². The van der Waals surface area contributed by atoms with Crippen LogP contribution < -0.4 is 10.6 Å². The molecule has 4 rings (SSSR count). The first-order valence-electron chi connectivity index (χ1n) is 8.63. The molecule has 2 N–H and O–H groups in total. The molecule has 1 amide bonds. The van der Waals surface area contributed by atoms with Gasteiger partial charge in [-0.1, -0.05) is 0 Å². The Bertz CT molecular complexity index is 1010. The smallest absolute Gasteiger partial charge is 0.325 e. The summed E-state index contributed by atoms with van der Waals surface area (Å²) < 4.78 is 4.51. The lowest BCUT2D eigenvalue weighted by Gasteiger charge is -2.09. The predicted octanol–water partition coefficient (Wildman–Crippen LogP) is 2.83. The van der Waals surface area contributed by atoms with Crippen molar-refractivity contribution in [3.63, 3.8) is 0 Å². The number of amides is 1. The number of rotatable bonds is 5. The van der Waals surface area contributed by atoms with Crippen LogP contribution in [0.15, 0.2) is 30.6 Å². The van der Waals surface area contributed by atoms with Gasteiger partial charge < -0.3 is 15.4 Å². The van der Waals surface area contributed by atoms with Gasteiger partial charge in [0.1, 0.15) is 23.5 Å². The lowest BCUT2D eigenvalue weighted by molar-refractivity contribution is -0.139. The molecule has 1 aromatic carbocycles. The fourth-order valence-corrected chi connectivity index (χ4v) is 4.42. The van der Waals surface area contributed by atoms with Crippen LogP contribution in [0.1, 0.15) is 27.2 Å². The SMILES string of the molecule is COC(=O)CNC(=O)c1ccc(Nc2ncnc3sc4c(c23)CCC4)cc1. The van der Waals surface area contributed by atoms with E-state index in [2.05, 4.69) is 25.3 Å². The molecule has 27 heavy (non-hydrogen) atoms. The van der Waals surface area contributed by atoms with E-state index in [1.54, 1.807) is 29.8 Å². The minimum Gasteiger partial charge on any atom is -0.468 e. The molecule has 0 bridgehead atoms. The van der Waals surface area contributed by atoms with Crippen molar-refractivity contribution < 1.29 is 14.3 Å². The molecule has 138 valence electrons. The fraction of sp³-hybridized carbons (Fsp3) is 0.263. The molecule has 0 spiro atoms. The molecule has 2 aromatic heterocycles. The molecule has 0 fully saturated rings. The Morgan fingerprint density at radius 1 is 1.19 bits per heavy atom. The normalized spacial score (nSPS) is 12.6. The van der Waals surface area contributed by atoms with Crippen molar-refractivity contribution >= 4 is 44.9 Å². The van der Waals surface area contributed by atoms with Crippen LogP contribution in [0.3, 0.4) is 0 Å². The maximum absolute atomic E-state index is 12.0. The van der Waals surface area contributed by atoms with Crippen LogP contribution in [0.2, 0.25) is 0 Å². The van der Waals surface area contributed by atoms with Crippen molar-refractivity contribution in [1.82, 2.24) is 15.3 Å². The number of aryl methyl sites for hydroxylation is 2. The molecule has 0 aliphatic heterocycles. The van der Waals surface area contributed by atoms with Gasteiger partial charge in [-0.25, -0.2) is 9.97 Å². The lowest BCUT2D eigenvalue weighted by Crippen LogP contribution is -2.30. The van der Waals surface area contributed by atoms with Gasteiger partial charge in [0.25, 0.3) is 5.91 Å². The van der Waals surface area contributed by atoms with Gasteiger partial charge in [-0.2, -0.15) is 0 Å². The molecule has 7 nitrogen and oxygen atoms in total. The summed E-state index contributed by atoms with van der Waals surface area (Å²) >= 11 is 1.75. The topological polar surface area (TPSA) is 93.2 Å². The number of hydrogen-bond acceptors (Lipinski definition) is 7. The summed E-state index contributed by atoms with van der Waals surface area (Å²) in [5, 5.41) is 6.96. The Kier molecular flexibility index (Phi) is 4.72. The maximum Gasteiger partial charge on any atom is 0.325 e. The number of nitrogens with one attached hydrogen (secondary N) is 2. The average Bonchev–Trinajstić information content (AvgIpc) is 3.27. The third kappa shape index (κ3) is 3.48. The van der Waals surface area contributed by atoms with Gasteiger partial charge in [-0.3, -0.25) is 9.59 Å². The zero-order valence-electron chi connectivity index (χ0n) is 14.7. The standard InChI is InChI=1S/C19H18N4O3S/c1-26-15(24)9-20-18(25)11-5-7-12(8-6-11)23-17-16-13-3-2-4-14(13)27-19(16)22-10-21-17/h5-8,10H,2-4,9H2,1H3,(H,20,25)(H,21,22,23). The molecular formula is C19H18N4O3S. The van der Waals surface area contributed by atoms with Crippen LogP contribution >= 0.6 is 11.3 Å². The number of ether oxygens (including phenoxy) is 1. The quantitative estimate of drug-likeness (QED) is 0.659. The van der Waals surface area contributed by atoms with E-state index in [0.717, 1.165) is 34.6 Å². The molecule has 0 atom stereocenters. The Morgan fingerprint density at radius 2 is 2.00 bits per heavy atom. The number of hydrogen-bond donors (Lipinski definition) is 2. The Balaban J connectivity index is 1.52. The number of esters is 1. The zero-order valence-corrected chi connectivity index (χ0v) is 15.6.